The van der Waals surface area contributed by atoms with E-state index in [-0.39, 0.29) is 36.0 Å². The van der Waals surface area contributed by atoms with Crippen molar-refractivity contribution in [2.75, 3.05) is 18.5 Å². The molecule has 2 fully saturated rings. The van der Waals surface area contributed by atoms with Gasteiger partial charge in [-0.2, -0.15) is 0 Å². The standard InChI is InChI=1S/C22H28N2O5/c1-2-14-6-3-4-9-18(14)24-19(25)12-23-20(26)13-29-22(28)17-10-15-7-5-8-16(11-17)21(15)27/h3-4,6,9,15-17H,2,5,7-8,10-13H2,1H3,(H,23,26)(H,24,25)/t15-,16-/m0/s1. The minimum Gasteiger partial charge on any atom is -0.455 e. The number of amides is 2. The molecule has 7 nitrogen and oxygen atoms in total. The van der Waals surface area contributed by atoms with Gasteiger partial charge in [0, 0.05) is 17.5 Å². The molecule has 2 saturated carbocycles. The summed E-state index contributed by atoms with van der Waals surface area (Å²) in [7, 11) is 0. The van der Waals surface area contributed by atoms with Crippen molar-refractivity contribution in [3.05, 3.63) is 29.8 Å². The number of hydrogen-bond donors (Lipinski definition) is 2. The lowest BCUT2D eigenvalue weighted by molar-refractivity contribution is -0.156. The highest BCUT2D eigenvalue weighted by molar-refractivity contribution is 5.95. The lowest BCUT2D eigenvalue weighted by Gasteiger charge is -2.36. The van der Waals surface area contributed by atoms with Gasteiger partial charge in [0.2, 0.25) is 5.91 Å². The number of hydrogen-bond acceptors (Lipinski definition) is 5. The van der Waals surface area contributed by atoms with Crippen molar-refractivity contribution in [3.8, 4) is 0 Å². The molecule has 0 radical (unpaired) electrons. The first kappa shape index (κ1) is 21.0. The molecule has 2 N–H and O–H groups in total. The first-order valence-electron chi connectivity index (χ1n) is 10.3. The van der Waals surface area contributed by atoms with E-state index < -0.39 is 18.5 Å². The van der Waals surface area contributed by atoms with E-state index >= 15 is 0 Å². The third-order valence-electron chi connectivity index (χ3n) is 5.85. The number of carbonyl (C=O) groups is 4. The van der Waals surface area contributed by atoms with Crippen molar-refractivity contribution in [3.63, 3.8) is 0 Å². The SMILES string of the molecule is CCc1ccccc1NC(=O)CNC(=O)COC(=O)C1C[C@@H]2CCC[C@@H](C1)C2=O. The van der Waals surface area contributed by atoms with Gasteiger partial charge in [-0.15, -0.1) is 0 Å². The van der Waals surface area contributed by atoms with E-state index in [4.69, 9.17) is 4.74 Å². The largest absolute Gasteiger partial charge is 0.455 e. The van der Waals surface area contributed by atoms with E-state index in [9.17, 15) is 19.2 Å². The van der Waals surface area contributed by atoms with Gasteiger partial charge in [0.05, 0.1) is 12.5 Å². The molecule has 1 aromatic carbocycles. The highest BCUT2D eigenvalue weighted by Crippen LogP contribution is 2.40. The molecule has 156 valence electrons. The summed E-state index contributed by atoms with van der Waals surface area (Å²) < 4.78 is 5.14. The van der Waals surface area contributed by atoms with Crippen molar-refractivity contribution in [1.82, 2.24) is 5.32 Å². The van der Waals surface area contributed by atoms with Crippen LogP contribution in [0.3, 0.4) is 0 Å². The van der Waals surface area contributed by atoms with E-state index in [1.54, 1.807) is 0 Å². The van der Waals surface area contributed by atoms with Gasteiger partial charge in [-0.1, -0.05) is 31.5 Å². The monoisotopic (exact) mass is 400 g/mol. The van der Waals surface area contributed by atoms with Crippen molar-refractivity contribution in [2.24, 2.45) is 17.8 Å². The second-order valence-electron chi connectivity index (χ2n) is 7.84. The fourth-order valence-corrected chi connectivity index (χ4v) is 4.30. The summed E-state index contributed by atoms with van der Waals surface area (Å²) in [4.78, 5) is 48.4. The summed E-state index contributed by atoms with van der Waals surface area (Å²) >= 11 is 0. The van der Waals surface area contributed by atoms with Gasteiger partial charge in [0.25, 0.3) is 5.91 Å². The molecule has 29 heavy (non-hydrogen) atoms. The number of Topliss-reactive ketones (excluding diaryl/α,β-unsaturated/α-hetero) is 1. The molecule has 1 aromatic rings. The van der Waals surface area contributed by atoms with Crippen molar-refractivity contribution in [1.29, 1.82) is 0 Å². The zero-order valence-electron chi connectivity index (χ0n) is 16.7. The predicted octanol–water partition coefficient (Wildman–Crippen LogP) is 2.24. The third kappa shape index (κ3) is 5.43. The Kier molecular flexibility index (Phi) is 7.01. The molecule has 7 heteroatoms. The van der Waals surface area contributed by atoms with Gasteiger partial charge in [0.15, 0.2) is 6.61 Å². The third-order valence-corrected chi connectivity index (χ3v) is 5.85. The molecule has 3 rings (SSSR count). The van der Waals surface area contributed by atoms with Gasteiger partial charge in [-0.25, -0.2) is 0 Å². The normalized spacial score (nSPS) is 23.2. The van der Waals surface area contributed by atoms with Crippen LogP contribution in [-0.4, -0.2) is 36.7 Å². The average Bonchev–Trinajstić information content (AvgIpc) is 2.70. The van der Waals surface area contributed by atoms with Gasteiger partial charge in [0.1, 0.15) is 5.78 Å². The van der Waals surface area contributed by atoms with E-state index in [2.05, 4.69) is 10.6 Å². The number of rotatable bonds is 7. The number of carbonyl (C=O) groups excluding carboxylic acids is 4. The number of ketones is 1. The number of esters is 1. The molecule has 0 aromatic heterocycles. The maximum Gasteiger partial charge on any atom is 0.309 e. The number of anilines is 1. The van der Waals surface area contributed by atoms with Crippen LogP contribution in [0.4, 0.5) is 5.69 Å². The molecule has 2 aliphatic rings. The van der Waals surface area contributed by atoms with Crippen molar-refractivity contribution >= 4 is 29.3 Å². The zero-order valence-corrected chi connectivity index (χ0v) is 16.7. The first-order valence-corrected chi connectivity index (χ1v) is 10.3. The highest BCUT2D eigenvalue weighted by Gasteiger charge is 2.41. The Bertz CT molecular complexity index is 775. The van der Waals surface area contributed by atoms with Gasteiger partial charge < -0.3 is 15.4 Å². The van der Waals surface area contributed by atoms with Gasteiger partial charge in [-0.3, -0.25) is 19.2 Å². The van der Waals surface area contributed by atoms with Gasteiger partial charge in [-0.05, 0) is 43.7 Å². The summed E-state index contributed by atoms with van der Waals surface area (Å²) in [5.74, 6) is -1.40. The first-order chi connectivity index (χ1) is 14.0. The van der Waals surface area contributed by atoms with E-state index in [0.717, 1.165) is 36.9 Å². The summed E-state index contributed by atoms with van der Waals surface area (Å²) in [6.45, 7) is 1.38. The topological polar surface area (TPSA) is 102 Å². The molecule has 0 heterocycles. The Balaban J connectivity index is 1.39. The molecule has 0 aliphatic heterocycles. The zero-order chi connectivity index (χ0) is 20.8. The van der Waals surface area contributed by atoms with Crippen LogP contribution in [0.1, 0.15) is 44.6 Å². The number of fused-ring (bicyclic) bond motifs is 2. The summed E-state index contributed by atoms with van der Waals surface area (Å²) in [5.41, 5.74) is 1.73. The Hall–Kier alpha value is -2.70. The van der Waals surface area contributed by atoms with E-state index in [0.29, 0.717) is 12.8 Å². The molecule has 0 saturated heterocycles. The quantitative estimate of drug-likeness (QED) is 0.684. The fourth-order valence-electron chi connectivity index (χ4n) is 4.30. The Morgan fingerprint density at radius 2 is 1.76 bits per heavy atom. The molecular formula is C22H28N2O5. The molecule has 2 atom stereocenters. The highest BCUT2D eigenvalue weighted by atomic mass is 16.5. The summed E-state index contributed by atoms with van der Waals surface area (Å²) in [5, 5.41) is 5.23. The van der Waals surface area contributed by atoms with Crippen LogP contribution in [0.15, 0.2) is 24.3 Å². The van der Waals surface area contributed by atoms with Crippen LogP contribution in [0.2, 0.25) is 0 Å². The maximum atomic E-state index is 12.3. The van der Waals surface area contributed by atoms with Crippen molar-refractivity contribution in [2.45, 2.75) is 45.4 Å². The number of benzene rings is 1. The van der Waals surface area contributed by atoms with E-state index in [1.807, 2.05) is 31.2 Å². The molecule has 0 unspecified atom stereocenters. The van der Waals surface area contributed by atoms with Crippen LogP contribution in [-0.2, 0) is 30.3 Å². The fraction of sp³-hybridized carbons (Fsp3) is 0.545. The molecule has 0 spiro atoms. The van der Waals surface area contributed by atoms with Crippen LogP contribution < -0.4 is 10.6 Å². The Morgan fingerprint density at radius 3 is 2.45 bits per heavy atom. The lowest BCUT2D eigenvalue weighted by Crippen LogP contribution is -2.40. The number of aryl methyl sites for hydroxylation is 1. The minimum absolute atomic E-state index is 0.0384. The second-order valence-corrected chi connectivity index (χ2v) is 7.84. The predicted molar refractivity (Wildman–Crippen MR) is 107 cm³/mol. The van der Waals surface area contributed by atoms with Crippen molar-refractivity contribution < 1.29 is 23.9 Å². The number of para-hydroxylation sites is 1. The van der Waals surface area contributed by atoms with Crippen LogP contribution >= 0.6 is 0 Å². The van der Waals surface area contributed by atoms with Crippen LogP contribution in [0, 0.1) is 17.8 Å². The molecule has 2 bridgehead atoms. The van der Waals surface area contributed by atoms with Gasteiger partial charge >= 0.3 is 5.97 Å². The average molecular weight is 400 g/mol. The summed E-state index contributed by atoms with van der Waals surface area (Å²) in [6.07, 6.45) is 4.55. The van der Waals surface area contributed by atoms with Crippen LogP contribution in [0.5, 0.6) is 0 Å². The lowest BCUT2D eigenvalue weighted by atomic mass is 9.67. The van der Waals surface area contributed by atoms with Crippen LogP contribution in [0.25, 0.3) is 0 Å². The molecular weight excluding hydrogens is 372 g/mol. The molecule has 2 amide bonds. The second kappa shape index (κ2) is 9.67. The molecule has 2 aliphatic carbocycles. The van der Waals surface area contributed by atoms with E-state index in [1.165, 1.54) is 0 Å². The number of ether oxygens (including phenoxy) is 1. The minimum atomic E-state index is -0.524. The Labute approximate surface area is 170 Å². The smallest absolute Gasteiger partial charge is 0.309 e. The number of nitrogens with one attached hydrogen (secondary N) is 2. The maximum absolute atomic E-state index is 12.3. The Morgan fingerprint density at radius 1 is 1.07 bits per heavy atom. The summed E-state index contributed by atoms with van der Waals surface area (Å²) in [6, 6.07) is 7.48.